The van der Waals surface area contributed by atoms with E-state index >= 15 is 0 Å². The Kier molecular flexibility index (Phi) is 4.24. The summed E-state index contributed by atoms with van der Waals surface area (Å²) in [6.45, 7) is 0.708. The predicted octanol–water partition coefficient (Wildman–Crippen LogP) is 1.25. The van der Waals surface area contributed by atoms with E-state index < -0.39 is 11.9 Å². The Bertz CT molecular complexity index is 734. The van der Waals surface area contributed by atoms with E-state index in [1.165, 1.54) is 11.0 Å². The third-order valence-electron chi connectivity index (χ3n) is 3.84. The predicted molar refractivity (Wildman–Crippen MR) is 80.4 cm³/mol. The average molecular weight is 336 g/mol. The number of carbonyl (C=O) groups is 2. The van der Waals surface area contributed by atoms with Crippen molar-refractivity contribution in [3.63, 3.8) is 0 Å². The van der Waals surface area contributed by atoms with Crippen molar-refractivity contribution in [1.82, 2.24) is 25.1 Å². The first kappa shape index (κ1) is 15.4. The lowest BCUT2D eigenvalue weighted by Gasteiger charge is -2.31. The summed E-state index contributed by atoms with van der Waals surface area (Å²) in [5.41, 5.74) is 0.845. The summed E-state index contributed by atoms with van der Waals surface area (Å²) in [6.07, 6.45) is 2.62. The summed E-state index contributed by atoms with van der Waals surface area (Å²) >= 11 is 6.01. The molecule has 0 saturated carbocycles. The Morgan fingerprint density at radius 2 is 2.17 bits per heavy atom. The first-order chi connectivity index (χ1) is 11.1. The first-order valence-electron chi connectivity index (χ1n) is 7.11. The fourth-order valence-corrected chi connectivity index (χ4v) is 2.86. The molecule has 1 aliphatic rings. The van der Waals surface area contributed by atoms with Gasteiger partial charge in [0, 0.05) is 18.1 Å². The van der Waals surface area contributed by atoms with Gasteiger partial charge in [0.25, 0.3) is 5.91 Å². The third-order valence-corrected chi connectivity index (χ3v) is 4.08. The molecule has 120 valence electrons. The zero-order chi connectivity index (χ0) is 16.4. The van der Waals surface area contributed by atoms with Crippen LogP contribution in [0.25, 0.3) is 5.69 Å². The second-order valence-corrected chi connectivity index (χ2v) is 5.78. The highest BCUT2D eigenvalue weighted by molar-refractivity contribution is 6.31. The summed E-state index contributed by atoms with van der Waals surface area (Å²) in [4.78, 5) is 25.5. The van der Waals surface area contributed by atoms with Crippen LogP contribution in [0.3, 0.4) is 0 Å². The van der Waals surface area contributed by atoms with Gasteiger partial charge in [-0.15, -0.1) is 5.10 Å². The highest BCUT2D eigenvalue weighted by Crippen LogP contribution is 2.24. The van der Waals surface area contributed by atoms with Gasteiger partial charge in [-0.1, -0.05) is 11.6 Å². The lowest BCUT2D eigenvalue weighted by Crippen LogP contribution is -2.42. The maximum absolute atomic E-state index is 12.8. The highest BCUT2D eigenvalue weighted by Gasteiger charge is 2.30. The van der Waals surface area contributed by atoms with Gasteiger partial charge in [-0.2, -0.15) is 4.68 Å². The largest absolute Gasteiger partial charge is 0.481 e. The van der Waals surface area contributed by atoms with Crippen LogP contribution in [0.5, 0.6) is 0 Å². The number of aromatic nitrogens is 4. The molecule has 0 radical (unpaired) electrons. The number of piperidine rings is 1. The van der Waals surface area contributed by atoms with E-state index in [-0.39, 0.29) is 12.5 Å². The number of carboxylic acid groups (broad SMARTS) is 1. The summed E-state index contributed by atoms with van der Waals surface area (Å²) in [7, 11) is 0. The van der Waals surface area contributed by atoms with Crippen molar-refractivity contribution in [3.05, 3.63) is 35.1 Å². The second-order valence-electron chi connectivity index (χ2n) is 5.34. The molecule has 1 unspecified atom stereocenters. The van der Waals surface area contributed by atoms with Crippen molar-refractivity contribution in [2.24, 2.45) is 5.92 Å². The molecule has 2 aromatic rings. The number of rotatable bonds is 3. The van der Waals surface area contributed by atoms with Gasteiger partial charge < -0.3 is 10.0 Å². The normalized spacial score (nSPS) is 18.0. The molecular weight excluding hydrogens is 322 g/mol. The topological polar surface area (TPSA) is 101 Å². The molecule has 1 N–H and O–H groups in total. The van der Waals surface area contributed by atoms with Crippen LogP contribution < -0.4 is 0 Å². The van der Waals surface area contributed by atoms with E-state index in [0.717, 1.165) is 0 Å². The van der Waals surface area contributed by atoms with Gasteiger partial charge in [-0.3, -0.25) is 9.59 Å². The number of benzene rings is 1. The Balaban J connectivity index is 1.93. The molecule has 23 heavy (non-hydrogen) atoms. The molecule has 9 heteroatoms. The number of halogens is 1. The number of hydrogen-bond donors (Lipinski definition) is 1. The van der Waals surface area contributed by atoms with E-state index in [4.69, 9.17) is 16.7 Å². The van der Waals surface area contributed by atoms with Crippen molar-refractivity contribution < 1.29 is 14.7 Å². The van der Waals surface area contributed by atoms with E-state index in [9.17, 15) is 9.59 Å². The standard InChI is InChI=1S/C14H14ClN5O3/c15-10-3-4-12(20-8-16-17-18-20)11(6-10)13(21)19-5-1-2-9(7-19)14(22)23/h3-4,6,8-9H,1-2,5,7H2,(H,22,23). The van der Waals surface area contributed by atoms with Crippen LogP contribution in [-0.4, -0.2) is 55.2 Å². The molecule has 0 spiro atoms. The average Bonchev–Trinajstić information content (AvgIpc) is 3.08. The van der Waals surface area contributed by atoms with Gasteiger partial charge in [0.1, 0.15) is 6.33 Å². The van der Waals surface area contributed by atoms with Crippen LogP contribution >= 0.6 is 11.6 Å². The number of hydrogen-bond acceptors (Lipinski definition) is 5. The lowest BCUT2D eigenvalue weighted by atomic mass is 9.97. The maximum atomic E-state index is 12.8. The van der Waals surface area contributed by atoms with Crippen molar-refractivity contribution in [1.29, 1.82) is 0 Å². The van der Waals surface area contributed by atoms with Crippen molar-refractivity contribution in [2.75, 3.05) is 13.1 Å². The highest BCUT2D eigenvalue weighted by atomic mass is 35.5. The Hall–Kier alpha value is -2.48. The number of nitrogens with zero attached hydrogens (tertiary/aromatic N) is 5. The number of likely N-dealkylation sites (tertiary alicyclic amines) is 1. The molecule has 1 aromatic heterocycles. The van der Waals surface area contributed by atoms with Gasteiger partial charge in [-0.25, -0.2) is 0 Å². The quantitative estimate of drug-likeness (QED) is 0.906. The zero-order valence-corrected chi connectivity index (χ0v) is 12.8. The first-order valence-corrected chi connectivity index (χ1v) is 7.49. The van der Waals surface area contributed by atoms with Crippen LogP contribution in [-0.2, 0) is 4.79 Å². The smallest absolute Gasteiger partial charge is 0.308 e. The van der Waals surface area contributed by atoms with Crippen LogP contribution in [0.15, 0.2) is 24.5 Å². The molecule has 1 aliphatic heterocycles. The van der Waals surface area contributed by atoms with Crippen molar-refractivity contribution >= 4 is 23.5 Å². The van der Waals surface area contributed by atoms with Crippen LogP contribution in [0.2, 0.25) is 5.02 Å². The number of carboxylic acids is 1. The number of amides is 1. The minimum absolute atomic E-state index is 0.190. The molecule has 2 heterocycles. The van der Waals surface area contributed by atoms with Gasteiger partial charge in [0.2, 0.25) is 0 Å². The third kappa shape index (κ3) is 3.16. The zero-order valence-electron chi connectivity index (χ0n) is 12.1. The molecule has 1 fully saturated rings. The number of carbonyl (C=O) groups excluding carboxylic acids is 1. The van der Waals surface area contributed by atoms with Crippen LogP contribution in [0, 0.1) is 5.92 Å². The molecule has 1 aromatic carbocycles. The lowest BCUT2D eigenvalue weighted by molar-refractivity contribution is -0.143. The molecule has 1 amide bonds. The Morgan fingerprint density at radius 1 is 1.35 bits per heavy atom. The SMILES string of the molecule is O=C(O)C1CCCN(C(=O)c2cc(Cl)ccc2-n2cnnn2)C1. The minimum atomic E-state index is -0.880. The summed E-state index contributed by atoms with van der Waals surface area (Å²) in [6, 6.07) is 4.85. The Labute approximate surface area is 136 Å². The van der Waals surface area contributed by atoms with Crippen molar-refractivity contribution in [2.45, 2.75) is 12.8 Å². The summed E-state index contributed by atoms with van der Waals surface area (Å²) in [5.74, 6) is -1.69. The number of tetrazole rings is 1. The second kappa shape index (κ2) is 6.33. The van der Waals surface area contributed by atoms with E-state index in [2.05, 4.69) is 15.5 Å². The van der Waals surface area contributed by atoms with Crippen LogP contribution in [0.1, 0.15) is 23.2 Å². The van der Waals surface area contributed by atoms with Crippen molar-refractivity contribution in [3.8, 4) is 5.69 Å². The fourth-order valence-electron chi connectivity index (χ4n) is 2.68. The minimum Gasteiger partial charge on any atom is -0.481 e. The molecule has 1 atom stereocenters. The van der Waals surface area contributed by atoms with Gasteiger partial charge >= 0.3 is 5.97 Å². The van der Waals surface area contributed by atoms with E-state index in [1.807, 2.05) is 0 Å². The Morgan fingerprint density at radius 3 is 2.87 bits per heavy atom. The molecule has 1 saturated heterocycles. The molecule has 8 nitrogen and oxygen atoms in total. The number of aliphatic carboxylic acids is 1. The maximum Gasteiger partial charge on any atom is 0.308 e. The van der Waals surface area contributed by atoms with E-state index in [0.29, 0.717) is 35.7 Å². The molecule has 0 bridgehead atoms. The monoisotopic (exact) mass is 335 g/mol. The molecule has 3 rings (SSSR count). The van der Waals surface area contributed by atoms with Gasteiger partial charge in [0.15, 0.2) is 0 Å². The van der Waals surface area contributed by atoms with Gasteiger partial charge in [-0.05, 0) is 41.5 Å². The fraction of sp³-hybridized carbons (Fsp3) is 0.357. The summed E-state index contributed by atoms with van der Waals surface area (Å²) < 4.78 is 1.38. The molecular formula is C14H14ClN5O3. The van der Waals surface area contributed by atoms with Crippen LogP contribution in [0.4, 0.5) is 0 Å². The van der Waals surface area contributed by atoms with E-state index in [1.54, 1.807) is 23.1 Å². The molecule has 0 aliphatic carbocycles. The summed E-state index contributed by atoms with van der Waals surface area (Å²) in [5, 5.41) is 20.5. The van der Waals surface area contributed by atoms with Gasteiger partial charge in [0.05, 0.1) is 17.2 Å².